The van der Waals surface area contributed by atoms with Gasteiger partial charge in [-0.1, -0.05) is 11.6 Å². The van der Waals surface area contributed by atoms with Gasteiger partial charge in [-0.3, -0.25) is 4.79 Å². The van der Waals surface area contributed by atoms with E-state index in [1.165, 1.54) is 0 Å². The third-order valence-electron chi connectivity index (χ3n) is 5.02. The topological polar surface area (TPSA) is 84.0 Å². The highest BCUT2D eigenvalue weighted by Crippen LogP contribution is 2.40. The van der Waals surface area contributed by atoms with E-state index in [-0.39, 0.29) is 47.4 Å². The van der Waals surface area contributed by atoms with Gasteiger partial charge in [0.1, 0.15) is 12.3 Å². The maximum Gasteiger partial charge on any atom is 0.242 e. The van der Waals surface area contributed by atoms with Crippen LogP contribution < -0.4 is 20.7 Å². The number of rotatable bonds is 7. The molecule has 1 fully saturated rings. The summed E-state index contributed by atoms with van der Waals surface area (Å²) in [4.78, 5) is 16.6. The Morgan fingerprint density at radius 2 is 1.94 bits per heavy atom. The fourth-order valence-corrected chi connectivity index (χ4v) is 3.77. The Hall–Kier alpha value is -1.26. The zero-order valence-corrected chi connectivity index (χ0v) is 22.2. The Balaban J connectivity index is 0.00000480. The van der Waals surface area contributed by atoms with Crippen LogP contribution in [0.25, 0.3) is 0 Å². The quantitative estimate of drug-likeness (QED) is 0.267. The lowest BCUT2D eigenvalue weighted by atomic mass is 9.73. The average molecular weight is 567 g/mol. The Labute approximate surface area is 208 Å². The SMILES string of the molecule is CCNC(=NCC(=O)NC(C)(C)C)NCC1(c2cc(Cl)ccc2OC)CCOCC1.I. The Kier molecular flexibility index (Phi) is 11.4. The fraction of sp³-hybridized carbons (Fsp3) is 0.636. The molecule has 1 saturated heterocycles. The van der Waals surface area contributed by atoms with Crippen molar-refractivity contribution in [1.82, 2.24) is 16.0 Å². The van der Waals surface area contributed by atoms with Crippen molar-refractivity contribution in [3.05, 3.63) is 28.8 Å². The van der Waals surface area contributed by atoms with E-state index < -0.39 is 0 Å². The van der Waals surface area contributed by atoms with Gasteiger partial charge in [-0.15, -0.1) is 24.0 Å². The molecule has 2 rings (SSSR count). The molecule has 1 aromatic carbocycles. The van der Waals surface area contributed by atoms with Crippen molar-refractivity contribution >= 4 is 47.4 Å². The summed E-state index contributed by atoms with van der Waals surface area (Å²) in [5.74, 6) is 1.31. The number of carbonyl (C=O) groups excluding carboxylic acids is 1. The number of halogens is 2. The lowest BCUT2D eigenvalue weighted by molar-refractivity contribution is -0.121. The van der Waals surface area contributed by atoms with Crippen LogP contribution in [0, 0.1) is 0 Å². The van der Waals surface area contributed by atoms with Crippen molar-refractivity contribution in [2.75, 3.05) is 40.0 Å². The van der Waals surface area contributed by atoms with E-state index in [0.717, 1.165) is 24.2 Å². The molecule has 0 unspecified atom stereocenters. The number of benzene rings is 1. The molecule has 7 nitrogen and oxygen atoms in total. The molecular weight excluding hydrogens is 531 g/mol. The molecule has 0 aliphatic carbocycles. The Bertz CT molecular complexity index is 747. The molecule has 0 spiro atoms. The predicted octanol–water partition coefficient (Wildman–Crippen LogP) is 3.48. The highest BCUT2D eigenvalue weighted by molar-refractivity contribution is 14.0. The summed E-state index contributed by atoms with van der Waals surface area (Å²) in [7, 11) is 1.67. The largest absolute Gasteiger partial charge is 0.496 e. The molecule has 1 amide bonds. The number of amides is 1. The Morgan fingerprint density at radius 1 is 1.26 bits per heavy atom. The molecule has 0 aromatic heterocycles. The standard InChI is InChI=1S/C22H35ClN4O3.HI/c1-6-24-20(25-14-19(28)27-21(2,3)4)26-15-22(9-11-30-12-10-22)17-13-16(23)7-8-18(17)29-5;/h7-8,13H,6,9-12,14-15H2,1-5H3,(H,27,28)(H2,24,25,26);1H. The van der Waals surface area contributed by atoms with Crippen molar-refractivity contribution in [2.45, 2.75) is 51.5 Å². The van der Waals surface area contributed by atoms with Crippen LogP contribution >= 0.6 is 35.6 Å². The van der Waals surface area contributed by atoms with Crippen LogP contribution in [0.4, 0.5) is 0 Å². The van der Waals surface area contributed by atoms with Gasteiger partial charge in [0.15, 0.2) is 5.96 Å². The zero-order chi connectivity index (χ0) is 22.2. The fourth-order valence-electron chi connectivity index (χ4n) is 3.60. The molecule has 9 heteroatoms. The summed E-state index contributed by atoms with van der Waals surface area (Å²) in [5.41, 5.74) is 0.570. The maximum atomic E-state index is 12.2. The van der Waals surface area contributed by atoms with Crippen LogP contribution in [0.2, 0.25) is 5.02 Å². The molecule has 176 valence electrons. The minimum Gasteiger partial charge on any atom is -0.496 e. The van der Waals surface area contributed by atoms with Gasteiger partial charge in [0.25, 0.3) is 0 Å². The number of guanidine groups is 1. The summed E-state index contributed by atoms with van der Waals surface area (Å²) in [6.45, 7) is 10.6. The Morgan fingerprint density at radius 3 is 2.52 bits per heavy atom. The van der Waals surface area contributed by atoms with Crippen LogP contribution in [0.15, 0.2) is 23.2 Å². The van der Waals surface area contributed by atoms with Gasteiger partial charge in [-0.25, -0.2) is 4.99 Å². The number of hydrogen-bond donors (Lipinski definition) is 3. The lowest BCUT2D eigenvalue weighted by Crippen LogP contribution is -2.48. The van der Waals surface area contributed by atoms with Crippen LogP contribution in [0.5, 0.6) is 5.75 Å². The molecule has 1 aliphatic rings. The van der Waals surface area contributed by atoms with Crippen LogP contribution in [0.3, 0.4) is 0 Å². The summed E-state index contributed by atoms with van der Waals surface area (Å²) >= 11 is 6.32. The van der Waals surface area contributed by atoms with E-state index in [1.807, 2.05) is 45.9 Å². The smallest absolute Gasteiger partial charge is 0.242 e. The van der Waals surface area contributed by atoms with Crippen molar-refractivity contribution in [3.63, 3.8) is 0 Å². The van der Waals surface area contributed by atoms with Gasteiger partial charge in [0.05, 0.1) is 7.11 Å². The van der Waals surface area contributed by atoms with E-state index >= 15 is 0 Å². The number of nitrogens with zero attached hydrogens (tertiary/aromatic N) is 1. The summed E-state index contributed by atoms with van der Waals surface area (Å²) in [6.07, 6.45) is 1.67. The maximum absolute atomic E-state index is 12.2. The summed E-state index contributed by atoms with van der Waals surface area (Å²) in [5, 5.41) is 10.2. The second-order valence-corrected chi connectivity index (χ2v) is 9.02. The number of carbonyl (C=O) groups is 1. The first-order valence-corrected chi connectivity index (χ1v) is 10.8. The second kappa shape index (κ2) is 12.7. The van der Waals surface area contributed by atoms with Crippen LogP contribution in [-0.4, -0.2) is 57.4 Å². The van der Waals surface area contributed by atoms with Crippen LogP contribution in [-0.2, 0) is 14.9 Å². The second-order valence-electron chi connectivity index (χ2n) is 8.58. The number of nitrogens with one attached hydrogen (secondary N) is 3. The minimum atomic E-state index is -0.284. The monoisotopic (exact) mass is 566 g/mol. The van der Waals surface area contributed by atoms with E-state index in [0.29, 0.717) is 37.3 Å². The third kappa shape index (κ3) is 8.65. The molecule has 31 heavy (non-hydrogen) atoms. The van der Waals surface area contributed by atoms with Gasteiger partial charge in [0, 0.05) is 47.8 Å². The molecule has 3 N–H and O–H groups in total. The molecule has 1 aliphatic heterocycles. The van der Waals surface area contributed by atoms with Gasteiger partial charge in [-0.05, 0) is 58.7 Å². The summed E-state index contributed by atoms with van der Waals surface area (Å²) in [6, 6.07) is 5.73. The highest BCUT2D eigenvalue weighted by atomic mass is 127. The average Bonchev–Trinajstić information content (AvgIpc) is 2.69. The molecular formula is C22H36ClIN4O3. The number of hydrogen-bond acceptors (Lipinski definition) is 4. The molecule has 1 aromatic rings. The minimum absolute atomic E-state index is 0. The van der Waals surface area contributed by atoms with Crippen molar-refractivity contribution in [1.29, 1.82) is 0 Å². The van der Waals surface area contributed by atoms with E-state index in [4.69, 9.17) is 21.1 Å². The normalized spacial score (nSPS) is 16.1. The summed E-state index contributed by atoms with van der Waals surface area (Å²) < 4.78 is 11.3. The van der Waals surface area contributed by atoms with Crippen molar-refractivity contribution in [3.8, 4) is 5.75 Å². The van der Waals surface area contributed by atoms with E-state index in [2.05, 4.69) is 20.9 Å². The van der Waals surface area contributed by atoms with E-state index in [9.17, 15) is 4.79 Å². The lowest BCUT2D eigenvalue weighted by Gasteiger charge is -2.39. The van der Waals surface area contributed by atoms with Crippen molar-refractivity contribution < 1.29 is 14.3 Å². The molecule has 0 saturated carbocycles. The predicted molar refractivity (Wildman–Crippen MR) is 137 cm³/mol. The first kappa shape index (κ1) is 27.8. The molecule has 0 atom stereocenters. The first-order chi connectivity index (χ1) is 14.2. The number of ether oxygens (including phenoxy) is 2. The molecule has 0 bridgehead atoms. The van der Waals surface area contributed by atoms with Crippen LogP contribution in [0.1, 0.15) is 46.1 Å². The zero-order valence-electron chi connectivity index (χ0n) is 19.1. The van der Waals surface area contributed by atoms with Gasteiger partial charge >= 0.3 is 0 Å². The molecule has 0 radical (unpaired) electrons. The highest BCUT2D eigenvalue weighted by Gasteiger charge is 2.37. The van der Waals surface area contributed by atoms with Crippen molar-refractivity contribution in [2.24, 2.45) is 4.99 Å². The van der Waals surface area contributed by atoms with Gasteiger partial charge in [0.2, 0.25) is 5.91 Å². The molecule has 1 heterocycles. The first-order valence-electron chi connectivity index (χ1n) is 10.4. The number of aliphatic imine (C=N–C) groups is 1. The van der Waals surface area contributed by atoms with Gasteiger partial charge < -0.3 is 25.4 Å². The third-order valence-corrected chi connectivity index (χ3v) is 5.25. The van der Waals surface area contributed by atoms with E-state index in [1.54, 1.807) is 7.11 Å². The number of methoxy groups -OCH3 is 1. The van der Waals surface area contributed by atoms with Gasteiger partial charge in [-0.2, -0.15) is 0 Å².